The molecule has 0 radical (unpaired) electrons. The van der Waals surface area contributed by atoms with E-state index in [4.69, 9.17) is 5.73 Å². The van der Waals surface area contributed by atoms with Crippen LogP contribution in [0.15, 0.2) is 0 Å². The molecular formula is C13H26N2. The Labute approximate surface area is 94.0 Å². The van der Waals surface area contributed by atoms with Crippen LogP contribution in [0.2, 0.25) is 0 Å². The second-order valence-electron chi connectivity index (χ2n) is 5.74. The fourth-order valence-electron chi connectivity index (χ4n) is 2.89. The third-order valence-electron chi connectivity index (χ3n) is 4.43. The fourth-order valence-corrected chi connectivity index (χ4v) is 2.89. The first-order valence-corrected chi connectivity index (χ1v) is 6.71. The first-order valence-electron chi connectivity index (χ1n) is 6.71. The summed E-state index contributed by atoms with van der Waals surface area (Å²) < 4.78 is 0. The van der Waals surface area contributed by atoms with Crippen LogP contribution in [-0.4, -0.2) is 18.6 Å². The molecule has 0 spiro atoms. The van der Waals surface area contributed by atoms with E-state index in [1.165, 1.54) is 51.5 Å². The molecule has 15 heavy (non-hydrogen) atoms. The summed E-state index contributed by atoms with van der Waals surface area (Å²) in [5, 5.41) is 3.78. The highest BCUT2D eigenvalue weighted by molar-refractivity contribution is 4.93. The number of rotatable bonds is 5. The lowest BCUT2D eigenvalue weighted by atomic mass is 9.81. The van der Waals surface area contributed by atoms with E-state index in [0.29, 0.717) is 5.54 Å². The van der Waals surface area contributed by atoms with Gasteiger partial charge < -0.3 is 11.1 Å². The minimum absolute atomic E-state index is 0.293. The average Bonchev–Trinajstić information content (AvgIpc) is 3.11. The molecule has 0 bridgehead atoms. The molecule has 2 aliphatic carbocycles. The molecule has 2 saturated carbocycles. The van der Waals surface area contributed by atoms with E-state index >= 15 is 0 Å². The van der Waals surface area contributed by atoms with Crippen molar-refractivity contribution in [3.63, 3.8) is 0 Å². The Hall–Kier alpha value is -0.0800. The number of nitrogens with two attached hydrogens (primary N) is 1. The van der Waals surface area contributed by atoms with Gasteiger partial charge in [-0.3, -0.25) is 0 Å². The predicted molar refractivity (Wildman–Crippen MR) is 64.8 cm³/mol. The second kappa shape index (κ2) is 4.84. The Morgan fingerprint density at radius 1 is 1.27 bits per heavy atom. The zero-order chi connectivity index (χ0) is 10.7. The molecule has 88 valence electrons. The van der Waals surface area contributed by atoms with Crippen LogP contribution >= 0.6 is 0 Å². The van der Waals surface area contributed by atoms with Crippen molar-refractivity contribution in [3.8, 4) is 0 Å². The van der Waals surface area contributed by atoms with Gasteiger partial charge >= 0.3 is 0 Å². The number of nitrogens with one attached hydrogen (secondary N) is 1. The number of hydrogen-bond acceptors (Lipinski definition) is 2. The third kappa shape index (κ3) is 2.94. The maximum absolute atomic E-state index is 5.95. The van der Waals surface area contributed by atoms with E-state index in [-0.39, 0.29) is 0 Å². The molecule has 0 saturated heterocycles. The summed E-state index contributed by atoms with van der Waals surface area (Å²) in [4.78, 5) is 0. The van der Waals surface area contributed by atoms with Crippen LogP contribution in [-0.2, 0) is 0 Å². The van der Waals surface area contributed by atoms with Gasteiger partial charge in [0.2, 0.25) is 0 Å². The second-order valence-corrected chi connectivity index (χ2v) is 5.74. The van der Waals surface area contributed by atoms with Gasteiger partial charge in [-0.05, 0) is 44.1 Å². The molecule has 0 aromatic carbocycles. The largest absolute Gasteiger partial charge is 0.329 e. The summed E-state index contributed by atoms with van der Waals surface area (Å²) in [7, 11) is 0. The summed E-state index contributed by atoms with van der Waals surface area (Å²) in [5.74, 6) is 1.87. The molecule has 2 nitrogen and oxygen atoms in total. The van der Waals surface area contributed by atoms with Crippen molar-refractivity contribution in [2.45, 2.75) is 57.4 Å². The summed E-state index contributed by atoms with van der Waals surface area (Å²) >= 11 is 0. The molecule has 2 fully saturated rings. The monoisotopic (exact) mass is 210 g/mol. The predicted octanol–water partition coefficient (Wildman–Crippen LogP) is 2.28. The van der Waals surface area contributed by atoms with Gasteiger partial charge in [0.25, 0.3) is 0 Å². The van der Waals surface area contributed by atoms with Crippen molar-refractivity contribution in [2.75, 3.05) is 13.1 Å². The molecule has 0 heterocycles. The van der Waals surface area contributed by atoms with Crippen LogP contribution < -0.4 is 11.1 Å². The fraction of sp³-hybridized carbons (Fsp3) is 1.00. The zero-order valence-electron chi connectivity index (χ0n) is 10.1. The maximum Gasteiger partial charge on any atom is 0.0304 e. The smallest absolute Gasteiger partial charge is 0.0304 e. The maximum atomic E-state index is 5.95. The molecule has 3 N–H and O–H groups in total. The molecule has 1 atom stereocenters. The molecule has 2 heteroatoms. The van der Waals surface area contributed by atoms with E-state index in [1.54, 1.807) is 0 Å². The van der Waals surface area contributed by atoms with Gasteiger partial charge in [-0.2, -0.15) is 0 Å². The van der Waals surface area contributed by atoms with E-state index in [9.17, 15) is 0 Å². The first kappa shape index (κ1) is 11.4. The average molecular weight is 210 g/mol. The van der Waals surface area contributed by atoms with Crippen molar-refractivity contribution in [2.24, 2.45) is 17.6 Å². The van der Waals surface area contributed by atoms with E-state index in [0.717, 1.165) is 18.4 Å². The van der Waals surface area contributed by atoms with Crippen LogP contribution in [0.1, 0.15) is 51.9 Å². The number of hydrogen-bond donors (Lipinski definition) is 2. The molecule has 0 aromatic rings. The SMILES string of the molecule is CC(CNC1(CN)CCCCC1)C1CC1. The summed E-state index contributed by atoms with van der Waals surface area (Å²) in [6.45, 7) is 4.39. The van der Waals surface area contributed by atoms with Gasteiger partial charge in [-0.25, -0.2) is 0 Å². The van der Waals surface area contributed by atoms with Crippen molar-refractivity contribution in [1.29, 1.82) is 0 Å². The Bertz CT molecular complexity index is 193. The standard InChI is InChI=1S/C13H26N2/c1-11(12-5-6-12)9-15-13(10-14)7-3-2-4-8-13/h11-12,15H,2-10,14H2,1H3. The van der Waals surface area contributed by atoms with Crippen molar-refractivity contribution in [1.82, 2.24) is 5.32 Å². The van der Waals surface area contributed by atoms with Crippen LogP contribution in [0.4, 0.5) is 0 Å². The third-order valence-corrected chi connectivity index (χ3v) is 4.43. The first-order chi connectivity index (χ1) is 7.26. The molecule has 1 unspecified atom stereocenters. The molecule has 0 amide bonds. The van der Waals surface area contributed by atoms with Crippen LogP contribution in [0.25, 0.3) is 0 Å². The zero-order valence-corrected chi connectivity index (χ0v) is 10.1. The highest BCUT2D eigenvalue weighted by atomic mass is 15.0. The minimum Gasteiger partial charge on any atom is -0.329 e. The van der Waals surface area contributed by atoms with Crippen molar-refractivity contribution in [3.05, 3.63) is 0 Å². The lowest BCUT2D eigenvalue weighted by Crippen LogP contribution is -2.53. The lowest BCUT2D eigenvalue weighted by molar-refractivity contribution is 0.224. The Morgan fingerprint density at radius 3 is 2.47 bits per heavy atom. The van der Waals surface area contributed by atoms with E-state index in [2.05, 4.69) is 12.2 Å². The van der Waals surface area contributed by atoms with Crippen molar-refractivity contribution >= 4 is 0 Å². The van der Waals surface area contributed by atoms with Crippen LogP contribution in [0.5, 0.6) is 0 Å². The normalized spacial score (nSPS) is 27.6. The van der Waals surface area contributed by atoms with Gasteiger partial charge in [0.05, 0.1) is 0 Å². The van der Waals surface area contributed by atoms with E-state index < -0.39 is 0 Å². The van der Waals surface area contributed by atoms with Crippen LogP contribution in [0.3, 0.4) is 0 Å². The Balaban J connectivity index is 1.78. The minimum atomic E-state index is 0.293. The van der Waals surface area contributed by atoms with E-state index in [1.807, 2.05) is 0 Å². The van der Waals surface area contributed by atoms with Crippen molar-refractivity contribution < 1.29 is 0 Å². The molecule has 2 aliphatic rings. The summed E-state index contributed by atoms with van der Waals surface area (Å²) in [6, 6.07) is 0. The summed E-state index contributed by atoms with van der Waals surface area (Å²) in [5.41, 5.74) is 6.25. The highest BCUT2D eigenvalue weighted by Gasteiger charge is 2.33. The molecule has 2 rings (SSSR count). The Morgan fingerprint density at radius 2 is 1.93 bits per heavy atom. The molecule has 0 aromatic heterocycles. The highest BCUT2D eigenvalue weighted by Crippen LogP contribution is 2.36. The van der Waals surface area contributed by atoms with Gasteiger partial charge in [0.15, 0.2) is 0 Å². The van der Waals surface area contributed by atoms with Crippen LogP contribution in [0, 0.1) is 11.8 Å². The van der Waals surface area contributed by atoms with Gasteiger partial charge in [-0.15, -0.1) is 0 Å². The molecule has 0 aliphatic heterocycles. The quantitative estimate of drug-likeness (QED) is 0.730. The Kier molecular flexibility index (Phi) is 3.68. The van der Waals surface area contributed by atoms with Gasteiger partial charge in [0.1, 0.15) is 0 Å². The lowest BCUT2D eigenvalue weighted by Gasteiger charge is -2.38. The topological polar surface area (TPSA) is 38.0 Å². The van der Waals surface area contributed by atoms with Gasteiger partial charge in [0, 0.05) is 12.1 Å². The van der Waals surface area contributed by atoms with Gasteiger partial charge in [-0.1, -0.05) is 26.2 Å². The summed E-state index contributed by atoms with van der Waals surface area (Å²) in [6.07, 6.45) is 9.63. The molecular weight excluding hydrogens is 184 g/mol.